The molecule has 0 amide bonds. The van der Waals surface area contributed by atoms with E-state index in [0.717, 1.165) is 32.7 Å². The Morgan fingerprint density at radius 1 is 0.949 bits per heavy atom. The number of halogens is 2. The summed E-state index contributed by atoms with van der Waals surface area (Å²) in [6, 6.07) is 14.3. The number of hydrogen-bond donors (Lipinski definition) is 0. The summed E-state index contributed by atoms with van der Waals surface area (Å²) in [6.07, 6.45) is 0. The van der Waals surface area contributed by atoms with Gasteiger partial charge >= 0.3 is 5.69 Å². The fourth-order valence-corrected chi connectivity index (χ4v) is 5.70. The molecular weight excluding hydrogens is 524 g/mol. The number of ether oxygens (including phenoxy) is 1. The molecule has 0 saturated carbocycles. The molecule has 0 aliphatic rings. The second kappa shape index (κ2) is 10.5. The number of nitrogens with zero attached hydrogens (tertiary/aromatic N) is 5. The number of hydrogen-bond acceptors (Lipinski definition) is 7. The Morgan fingerprint density at radius 2 is 1.64 bits per heavy atom. The van der Waals surface area contributed by atoms with E-state index in [-0.39, 0.29) is 22.6 Å². The van der Waals surface area contributed by atoms with Crippen LogP contribution in [0.5, 0.6) is 5.88 Å². The van der Waals surface area contributed by atoms with E-state index in [1.807, 2.05) is 50.2 Å². The maximum atomic E-state index is 14.7. The van der Waals surface area contributed by atoms with Crippen LogP contribution in [-0.2, 0) is 13.1 Å². The van der Waals surface area contributed by atoms with Gasteiger partial charge in [0.25, 0.3) is 5.56 Å². The highest BCUT2D eigenvalue weighted by atomic mass is 32.1. The molecule has 39 heavy (non-hydrogen) atoms. The molecule has 2 aromatic carbocycles. The highest BCUT2D eigenvalue weighted by Crippen LogP contribution is 2.38. The van der Waals surface area contributed by atoms with Crippen LogP contribution in [0, 0.1) is 18.6 Å². The SMILES string of the molecule is COc1ccc(-n2c(=O)c3c(CN(C)C)c(-c4ccc(C)cc4)sc3n(Cc3c(F)cccc3F)c2=O)nn1. The van der Waals surface area contributed by atoms with Crippen LogP contribution in [0.15, 0.2) is 64.2 Å². The average Bonchev–Trinajstić information content (AvgIpc) is 3.27. The van der Waals surface area contributed by atoms with Crippen LogP contribution in [-0.4, -0.2) is 45.4 Å². The number of rotatable bonds is 7. The molecule has 5 rings (SSSR count). The summed E-state index contributed by atoms with van der Waals surface area (Å²) in [5.41, 5.74) is 0.971. The van der Waals surface area contributed by atoms with Crippen LogP contribution in [0.4, 0.5) is 8.78 Å². The zero-order valence-corrected chi connectivity index (χ0v) is 22.6. The van der Waals surface area contributed by atoms with Gasteiger partial charge in [0, 0.05) is 23.1 Å². The molecule has 0 atom stereocenters. The summed E-state index contributed by atoms with van der Waals surface area (Å²) in [4.78, 5) is 30.9. The lowest BCUT2D eigenvalue weighted by molar-refractivity contribution is 0.391. The van der Waals surface area contributed by atoms with Crippen LogP contribution in [0.1, 0.15) is 16.7 Å². The van der Waals surface area contributed by atoms with E-state index in [4.69, 9.17) is 4.74 Å². The summed E-state index contributed by atoms with van der Waals surface area (Å²) < 4.78 is 36.7. The predicted octanol–water partition coefficient (Wildman–Crippen LogP) is 4.38. The van der Waals surface area contributed by atoms with Crippen molar-refractivity contribution in [3.8, 4) is 22.1 Å². The summed E-state index contributed by atoms with van der Waals surface area (Å²) in [7, 11) is 5.17. The minimum absolute atomic E-state index is 0.0330. The number of aromatic nitrogens is 4. The molecule has 3 aromatic heterocycles. The van der Waals surface area contributed by atoms with Gasteiger partial charge in [-0.15, -0.1) is 21.5 Å². The first-order chi connectivity index (χ1) is 18.7. The zero-order chi connectivity index (χ0) is 27.8. The van der Waals surface area contributed by atoms with Crippen molar-refractivity contribution >= 4 is 21.6 Å². The standard InChI is InChI=1S/C28H25F2N5O3S/c1-16-8-10-17(11-9-16)25-19(14-33(2)3)24-26(36)35(22-12-13-23(38-4)32-31-22)28(37)34(27(24)39-25)15-18-20(29)6-5-7-21(18)30/h5-13H,14-15H2,1-4H3. The Labute approximate surface area is 226 Å². The highest BCUT2D eigenvalue weighted by Gasteiger charge is 2.25. The van der Waals surface area contributed by atoms with E-state index < -0.39 is 29.4 Å². The Bertz CT molecular complexity index is 1770. The van der Waals surface area contributed by atoms with Crippen molar-refractivity contribution < 1.29 is 13.5 Å². The molecule has 0 aliphatic carbocycles. The fraction of sp³-hybridized carbons (Fsp3) is 0.214. The lowest BCUT2D eigenvalue weighted by Crippen LogP contribution is -2.39. The monoisotopic (exact) mass is 549 g/mol. The molecule has 0 bridgehead atoms. The highest BCUT2D eigenvalue weighted by molar-refractivity contribution is 7.22. The lowest BCUT2D eigenvalue weighted by atomic mass is 10.1. The van der Waals surface area contributed by atoms with E-state index >= 15 is 0 Å². The van der Waals surface area contributed by atoms with Crippen molar-refractivity contribution in [3.63, 3.8) is 0 Å². The van der Waals surface area contributed by atoms with Gasteiger partial charge in [0.05, 0.1) is 19.0 Å². The Balaban J connectivity index is 1.89. The molecule has 200 valence electrons. The molecule has 0 fully saturated rings. The van der Waals surface area contributed by atoms with Crippen LogP contribution in [0.25, 0.3) is 26.5 Å². The first kappa shape index (κ1) is 26.4. The summed E-state index contributed by atoms with van der Waals surface area (Å²) in [5, 5.41) is 8.20. The molecular formula is C28H25F2N5O3S. The van der Waals surface area contributed by atoms with Gasteiger partial charge < -0.3 is 9.64 Å². The minimum Gasteiger partial charge on any atom is -0.480 e. The van der Waals surface area contributed by atoms with E-state index in [9.17, 15) is 18.4 Å². The second-order valence-corrected chi connectivity index (χ2v) is 10.3. The van der Waals surface area contributed by atoms with Gasteiger partial charge in [-0.1, -0.05) is 35.9 Å². The van der Waals surface area contributed by atoms with E-state index in [2.05, 4.69) is 10.2 Å². The average molecular weight is 550 g/mol. The Kier molecular flexibility index (Phi) is 7.11. The van der Waals surface area contributed by atoms with Gasteiger partial charge in [-0.05, 0) is 50.3 Å². The van der Waals surface area contributed by atoms with Gasteiger partial charge in [0.1, 0.15) is 16.5 Å². The zero-order valence-electron chi connectivity index (χ0n) is 21.7. The van der Waals surface area contributed by atoms with Crippen LogP contribution in [0.3, 0.4) is 0 Å². The number of thiophene rings is 1. The fourth-order valence-electron chi connectivity index (χ4n) is 4.40. The quantitative estimate of drug-likeness (QED) is 0.300. The van der Waals surface area contributed by atoms with Crippen molar-refractivity contribution in [2.24, 2.45) is 0 Å². The molecule has 11 heteroatoms. The topological polar surface area (TPSA) is 82.2 Å². The van der Waals surface area contributed by atoms with Gasteiger partial charge in [-0.3, -0.25) is 9.36 Å². The van der Waals surface area contributed by atoms with Crippen LogP contribution >= 0.6 is 11.3 Å². The Hall–Kier alpha value is -4.22. The van der Waals surface area contributed by atoms with Crippen LogP contribution in [0.2, 0.25) is 0 Å². The van der Waals surface area contributed by atoms with Crippen molar-refractivity contribution in [3.05, 3.63) is 104 Å². The van der Waals surface area contributed by atoms with Crippen molar-refractivity contribution in [2.45, 2.75) is 20.0 Å². The van der Waals surface area contributed by atoms with Crippen molar-refractivity contribution in [1.82, 2.24) is 24.2 Å². The molecule has 0 unspecified atom stereocenters. The maximum Gasteiger partial charge on any atom is 0.338 e. The molecule has 0 spiro atoms. The maximum absolute atomic E-state index is 14.7. The van der Waals surface area contributed by atoms with Crippen molar-refractivity contribution in [2.75, 3.05) is 21.2 Å². The van der Waals surface area contributed by atoms with Gasteiger partial charge in [-0.25, -0.2) is 18.1 Å². The van der Waals surface area contributed by atoms with E-state index in [0.29, 0.717) is 16.9 Å². The summed E-state index contributed by atoms with van der Waals surface area (Å²) in [5.74, 6) is -1.41. The molecule has 0 saturated heterocycles. The molecule has 0 radical (unpaired) electrons. The third-order valence-electron chi connectivity index (χ3n) is 6.30. The largest absolute Gasteiger partial charge is 0.480 e. The summed E-state index contributed by atoms with van der Waals surface area (Å²) in [6.45, 7) is 1.94. The first-order valence-corrected chi connectivity index (χ1v) is 12.8. The number of benzene rings is 2. The second-order valence-electron chi connectivity index (χ2n) is 9.34. The smallest absolute Gasteiger partial charge is 0.338 e. The molecule has 3 heterocycles. The minimum atomic E-state index is -0.791. The molecule has 0 N–H and O–H groups in total. The number of aryl methyl sites for hydroxylation is 1. The number of methoxy groups -OCH3 is 1. The third kappa shape index (κ3) is 4.86. The van der Waals surface area contributed by atoms with Gasteiger partial charge in [-0.2, -0.15) is 0 Å². The predicted molar refractivity (Wildman–Crippen MR) is 147 cm³/mol. The third-order valence-corrected chi connectivity index (χ3v) is 7.61. The lowest BCUT2D eigenvalue weighted by Gasteiger charge is -2.14. The van der Waals surface area contributed by atoms with Gasteiger partial charge in [0.15, 0.2) is 5.82 Å². The molecule has 8 nitrogen and oxygen atoms in total. The first-order valence-electron chi connectivity index (χ1n) is 12.0. The van der Waals surface area contributed by atoms with Crippen molar-refractivity contribution in [1.29, 1.82) is 0 Å². The molecule has 0 aliphatic heterocycles. The van der Waals surface area contributed by atoms with E-state index in [1.165, 1.54) is 41.2 Å². The van der Waals surface area contributed by atoms with Gasteiger partial charge in [0.2, 0.25) is 5.88 Å². The van der Waals surface area contributed by atoms with E-state index in [1.54, 1.807) is 0 Å². The normalized spacial score (nSPS) is 11.5. The number of fused-ring (bicyclic) bond motifs is 1. The summed E-state index contributed by atoms with van der Waals surface area (Å²) >= 11 is 1.24. The Morgan fingerprint density at radius 3 is 2.23 bits per heavy atom. The van der Waals surface area contributed by atoms with Crippen LogP contribution < -0.4 is 16.0 Å². The molecule has 5 aromatic rings.